The Hall–Kier alpha value is -5.80. The number of hydrogen-bond donors (Lipinski definition) is 0. The minimum atomic E-state index is -0.448. The van der Waals surface area contributed by atoms with Gasteiger partial charge in [0.05, 0.1) is 5.41 Å². The van der Waals surface area contributed by atoms with Crippen molar-refractivity contribution in [1.82, 2.24) is 0 Å². The summed E-state index contributed by atoms with van der Waals surface area (Å²) < 4.78 is 0. The van der Waals surface area contributed by atoms with Gasteiger partial charge in [0.2, 0.25) is 0 Å². The van der Waals surface area contributed by atoms with Gasteiger partial charge in [-0.3, -0.25) is 0 Å². The maximum Gasteiger partial charge on any atom is 0.333 e. The van der Waals surface area contributed by atoms with Gasteiger partial charge in [-0.1, -0.05) is 159 Å². The molecule has 7 aliphatic rings. The van der Waals surface area contributed by atoms with Gasteiger partial charge >= 0.3 is 6.85 Å². The molecule has 1 spiro atoms. The standard InChI is InChI=1S/C61H57BN2/c1-35-29-40-39-19-16-23-45-55(39)64(50-24-15-14-22-44(50)61(45)42-20-12-10-17-37(42)38-18-11-13-21-43(38)61)62-49-33-48-53(60(8,9)28-27-59(48,6)7)41-31-36-32-46-47(58(4,5)26-25-57(46,2)3)34-51(36)63(56(41)49)52(30-35)54(40)62/h10-24,29-30,32-34H,25-28,31H2,1-9H3. The van der Waals surface area contributed by atoms with Crippen molar-refractivity contribution in [3.05, 3.63) is 183 Å². The van der Waals surface area contributed by atoms with E-state index >= 15 is 0 Å². The van der Waals surface area contributed by atoms with Crippen LogP contribution in [0.1, 0.15) is 142 Å². The van der Waals surface area contributed by atoms with Crippen LogP contribution in [0.15, 0.2) is 121 Å². The Bertz CT molecular complexity index is 3260. The first-order valence-corrected chi connectivity index (χ1v) is 24.2. The summed E-state index contributed by atoms with van der Waals surface area (Å²) in [5, 5.41) is 0. The van der Waals surface area contributed by atoms with Gasteiger partial charge in [-0.05, 0) is 161 Å². The van der Waals surface area contributed by atoms with E-state index in [1.165, 1.54) is 126 Å². The van der Waals surface area contributed by atoms with E-state index in [4.69, 9.17) is 0 Å². The maximum absolute atomic E-state index is 2.84. The molecule has 314 valence electrons. The van der Waals surface area contributed by atoms with E-state index in [1.54, 1.807) is 22.3 Å². The first kappa shape index (κ1) is 37.6. The molecule has 3 heteroatoms. The number of aryl methyl sites for hydroxylation is 1. The molecular formula is C61H57BN2. The van der Waals surface area contributed by atoms with E-state index in [0.717, 1.165) is 6.42 Å². The molecule has 2 nitrogen and oxygen atoms in total. The molecule has 14 rings (SSSR count). The van der Waals surface area contributed by atoms with Crippen molar-refractivity contribution in [2.75, 3.05) is 9.71 Å². The second-order valence-corrected chi connectivity index (χ2v) is 23.4. The van der Waals surface area contributed by atoms with E-state index in [0.29, 0.717) is 0 Å². The highest BCUT2D eigenvalue weighted by atomic mass is 15.2. The molecule has 0 bridgehead atoms. The van der Waals surface area contributed by atoms with Gasteiger partial charge in [0, 0.05) is 40.4 Å². The van der Waals surface area contributed by atoms with Crippen molar-refractivity contribution in [3.63, 3.8) is 0 Å². The molecule has 0 radical (unpaired) electrons. The van der Waals surface area contributed by atoms with E-state index in [-0.39, 0.29) is 28.5 Å². The zero-order valence-corrected chi connectivity index (χ0v) is 39.1. The molecule has 7 aromatic rings. The topological polar surface area (TPSA) is 6.48 Å². The normalized spacial score (nSPS) is 20.2. The molecule has 0 atom stereocenters. The maximum atomic E-state index is 2.84. The average molecular weight is 829 g/mol. The van der Waals surface area contributed by atoms with E-state index in [2.05, 4.69) is 193 Å². The van der Waals surface area contributed by atoms with Crippen molar-refractivity contribution >= 4 is 46.2 Å². The fraction of sp³-hybridized carbons (Fsp3) is 0.311. The van der Waals surface area contributed by atoms with Crippen LogP contribution < -0.4 is 20.6 Å². The number of rotatable bonds is 0. The summed E-state index contributed by atoms with van der Waals surface area (Å²) in [5.74, 6) is 0. The van der Waals surface area contributed by atoms with Gasteiger partial charge in [0.25, 0.3) is 0 Å². The third-order valence-electron chi connectivity index (χ3n) is 18.0. The molecular weight excluding hydrogens is 771 g/mol. The van der Waals surface area contributed by atoms with Crippen LogP contribution in [0, 0.1) is 6.92 Å². The molecule has 0 aromatic heterocycles. The SMILES string of the molecule is Cc1cc2c3c(c1)N1c4cc5c(cc4Cc4c1c(cc1c4C(C)(C)CCC1(C)C)B3N1c3ccccc3C3(c4ccccc4-c4ccccc43)c3cccc-2c31)C(C)(C)CCC5(C)C. The van der Waals surface area contributed by atoms with Crippen LogP contribution in [0.5, 0.6) is 0 Å². The predicted molar refractivity (Wildman–Crippen MR) is 269 cm³/mol. The number of anilines is 5. The third-order valence-corrected chi connectivity index (χ3v) is 18.0. The van der Waals surface area contributed by atoms with Crippen LogP contribution >= 0.6 is 0 Å². The Morgan fingerprint density at radius 1 is 0.453 bits per heavy atom. The molecule has 0 N–H and O–H groups in total. The van der Waals surface area contributed by atoms with Crippen LogP contribution in [0.2, 0.25) is 0 Å². The Morgan fingerprint density at radius 3 is 1.73 bits per heavy atom. The molecule has 4 heterocycles. The Morgan fingerprint density at radius 2 is 1.03 bits per heavy atom. The summed E-state index contributed by atoms with van der Waals surface area (Å²) in [6.07, 6.45) is 5.78. The van der Waals surface area contributed by atoms with E-state index in [9.17, 15) is 0 Å². The molecule has 0 amide bonds. The first-order valence-electron chi connectivity index (χ1n) is 24.2. The number of fused-ring (bicyclic) bond motifs is 18. The zero-order valence-electron chi connectivity index (χ0n) is 39.1. The van der Waals surface area contributed by atoms with Gasteiger partial charge in [-0.15, -0.1) is 0 Å². The predicted octanol–water partition coefficient (Wildman–Crippen LogP) is 14.0. The molecule has 7 aromatic carbocycles. The van der Waals surface area contributed by atoms with Crippen LogP contribution in [0.4, 0.5) is 28.4 Å². The quantitative estimate of drug-likeness (QED) is 0.141. The van der Waals surface area contributed by atoms with Gasteiger partial charge in [0.1, 0.15) is 0 Å². The molecule has 4 aliphatic heterocycles. The van der Waals surface area contributed by atoms with Crippen molar-refractivity contribution in [3.8, 4) is 22.3 Å². The van der Waals surface area contributed by atoms with Gasteiger partial charge in [-0.2, -0.15) is 0 Å². The number of hydrogen-bond acceptors (Lipinski definition) is 2. The van der Waals surface area contributed by atoms with Crippen LogP contribution in [0.25, 0.3) is 22.3 Å². The van der Waals surface area contributed by atoms with Crippen molar-refractivity contribution in [1.29, 1.82) is 0 Å². The Kier molecular flexibility index (Phi) is 6.88. The fourth-order valence-electron chi connectivity index (χ4n) is 14.7. The Balaban J connectivity index is 1.14. The van der Waals surface area contributed by atoms with Crippen molar-refractivity contribution in [2.24, 2.45) is 0 Å². The summed E-state index contributed by atoms with van der Waals surface area (Å²) in [6.45, 7) is 22.5. The lowest BCUT2D eigenvalue weighted by Crippen LogP contribution is -2.64. The summed E-state index contributed by atoms with van der Waals surface area (Å²) in [6, 6.07) is 48.5. The average Bonchev–Trinajstić information content (AvgIpc) is 3.57. The van der Waals surface area contributed by atoms with Crippen LogP contribution in [-0.4, -0.2) is 6.85 Å². The van der Waals surface area contributed by atoms with Gasteiger partial charge in [-0.25, -0.2) is 0 Å². The molecule has 0 unspecified atom stereocenters. The fourth-order valence-corrected chi connectivity index (χ4v) is 14.7. The highest BCUT2D eigenvalue weighted by Crippen LogP contribution is 2.66. The van der Waals surface area contributed by atoms with Crippen molar-refractivity contribution in [2.45, 2.75) is 121 Å². The van der Waals surface area contributed by atoms with E-state index < -0.39 is 5.41 Å². The summed E-state index contributed by atoms with van der Waals surface area (Å²) in [7, 11) is 0. The lowest BCUT2D eigenvalue weighted by Gasteiger charge is -2.54. The molecule has 0 fully saturated rings. The van der Waals surface area contributed by atoms with Gasteiger partial charge in [0.15, 0.2) is 0 Å². The van der Waals surface area contributed by atoms with Gasteiger partial charge < -0.3 is 9.71 Å². The lowest BCUT2D eigenvalue weighted by atomic mass is 9.41. The summed E-state index contributed by atoms with van der Waals surface area (Å²) in [4.78, 5) is 5.64. The highest BCUT2D eigenvalue weighted by Gasteiger charge is 2.57. The molecule has 0 saturated heterocycles. The third kappa shape index (κ3) is 4.32. The second-order valence-electron chi connectivity index (χ2n) is 23.4. The zero-order chi connectivity index (χ0) is 43.6. The van der Waals surface area contributed by atoms with E-state index in [1.807, 2.05) is 0 Å². The Labute approximate surface area is 380 Å². The molecule has 0 saturated carbocycles. The van der Waals surface area contributed by atoms with Crippen LogP contribution in [0.3, 0.4) is 0 Å². The van der Waals surface area contributed by atoms with Crippen LogP contribution in [-0.2, 0) is 33.5 Å². The highest BCUT2D eigenvalue weighted by molar-refractivity contribution is 6.94. The lowest BCUT2D eigenvalue weighted by molar-refractivity contribution is 0.329. The minimum Gasteiger partial charge on any atom is -0.376 e. The molecule has 3 aliphatic carbocycles. The smallest absolute Gasteiger partial charge is 0.333 e. The second kappa shape index (κ2) is 11.7. The summed E-state index contributed by atoms with van der Waals surface area (Å²) >= 11 is 0. The number of nitrogens with zero attached hydrogens (tertiary/aromatic N) is 2. The minimum absolute atomic E-state index is 0.00432. The first-order chi connectivity index (χ1) is 30.6. The van der Waals surface area contributed by atoms with Crippen molar-refractivity contribution < 1.29 is 0 Å². The molecule has 64 heavy (non-hydrogen) atoms. The number of benzene rings is 7. The largest absolute Gasteiger partial charge is 0.376 e. The summed E-state index contributed by atoms with van der Waals surface area (Å²) in [5.41, 5.74) is 31.4. The number of para-hydroxylation sites is 2. The monoisotopic (exact) mass is 828 g/mol.